The Labute approximate surface area is 116 Å². The molecule has 2 amide bonds. The van der Waals surface area contributed by atoms with E-state index in [0.29, 0.717) is 12.3 Å². The van der Waals surface area contributed by atoms with E-state index >= 15 is 0 Å². The van der Waals surface area contributed by atoms with Gasteiger partial charge < -0.3 is 15.3 Å². The minimum atomic E-state index is -3.11. The van der Waals surface area contributed by atoms with Crippen molar-refractivity contribution in [1.29, 1.82) is 0 Å². The summed E-state index contributed by atoms with van der Waals surface area (Å²) in [5, 5.41) is 11.3. The van der Waals surface area contributed by atoms with E-state index in [2.05, 4.69) is 5.32 Å². The number of carboxylic acid groups (broad SMARTS) is 1. The number of hydrogen-bond acceptors (Lipinski definition) is 5. The second-order valence-electron chi connectivity index (χ2n) is 4.38. The zero-order chi connectivity index (χ0) is 14.5. The third-order valence-electron chi connectivity index (χ3n) is 2.65. The second-order valence-corrected chi connectivity index (χ2v) is 7.79. The van der Waals surface area contributed by atoms with Gasteiger partial charge in [-0.15, -0.1) is 0 Å². The lowest BCUT2D eigenvalue weighted by atomic mass is 10.2. The molecule has 1 atom stereocenters. The van der Waals surface area contributed by atoms with Crippen molar-refractivity contribution in [3.63, 3.8) is 0 Å². The third-order valence-corrected chi connectivity index (χ3v) is 4.69. The Hall–Kier alpha value is -0.960. The molecule has 1 saturated heterocycles. The summed E-state index contributed by atoms with van der Waals surface area (Å²) >= 11 is 1.61. The van der Waals surface area contributed by atoms with Gasteiger partial charge in [0.15, 0.2) is 0 Å². The number of hydrogen-bond donors (Lipinski definition) is 2. The Balaban J connectivity index is 2.50. The Morgan fingerprint density at radius 3 is 2.74 bits per heavy atom. The highest BCUT2D eigenvalue weighted by Gasteiger charge is 2.28. The molecule has 1 rings (SSSR count). The Morgan fingerprint density at radius 2 is 2.16 bits per heavy atom. The van der Waals surface area contributed by atoms with Gasteiger partial charge in [0.25, 0.3) is 0 Å². The van der Waals surface area contributed by atoms with Gasteiger partial charge in [-0.25, -0.2) is 13.2 Å². The van der Waals surface area contributed by atoms with Crippen molar-refractivity contribution in [2.24, 2.45) is 0 Å². The van der Waals surface area contributed by atoms with Crippen molar-refractivity contribution >= 4 is 33.6 Å². The number of amides is 2. The van der Waals surface area contributed by atoms with Crippen molar-refractivity contribution in [3.05, 3.63) is 0 Å². The summed E-state index contributed by atoms with van der Waals surface area (Å²) in [7, 11) is -3.11. The predicted octanol–water partition coefficient (Wildman–Crippen LogP) is -0.367. The van der Waals surface area contributed by atoms with E-state index in [1.807, 2.05) is 0 Å². The smallest absolute Gasteiger partial charge is 0.317 e. The average Bonchev–Trinajstić information content (AvgIpc) is 2.27. The number of nitrogens with zero attached hydrogens (tertiary/aromatic N) is 1. The molecule has 0 spiro atoms. The third kappa shape index (κ3) is 6.15. The minimum Gasteiger partial charge on any atom is -0.481 e. The molecule has 0 radical (unpaired) electrons. The van der Waals surface area contributed by atoms with E-state index in [0.717, 1.165) is 12.0 Å². The average molecular weight is 310 g/mol. The van der Waals surface area contributed by atoms with Crippen LogP contribution in [-0.4, -0.2) is 73.1 Å². The normalized spacial score (nSPS) is 20.1. The van der Waals surface area contributed by atoms with Crippen LogP contribution in [0.4, 0.5) is 4.79 Å². The van der Waals surface area contributed by atoms with Crippen molar-refractivity contribution in [3.8, 4) is 0 Å². The summed E-state index contributed by atoms with van der Waals surface area (Å²) in [5.41, 5.74) is 0. The molecule has 1 fully saturated rings. The number of carbonyl (C=O) groups is 2. The van der Waals surface area contributed by atoms with Crippen molar-refractivity contribution < 1.29 is 23.1 Å². The van der Waals surface area contributed by atoms with Gasteiger partial charge in [0.1, 0.15) is 9.84 Å². The first-order chi connectivity index (χ1) is 8.79. The maximum Gasteiger partial charge on any atom is 0.317 e. The van der Waals surface area contributed by atoms with Gasteiger partial charge in [-0.3, -0.25) is 4.79 Å². The topological polar surface area (TPSA) is 104 Å². The number of carbonyl (C=O) groups excluding carboxylic acids is 1. The van der Waals surface area contributed by atoms with E-state index < -0.39 is 21.8 Å². The first kappa shape index (κ1) is 16.1. The molecular weight excluding hydrogens is 292 g/mol. The van der Waals surface area contributed by atoms with E-state index in [-0.39, 0.29) is 24.8 Å². The zero-order valence-electron chi connectivity index (χ0n) is 10.7. The van der Waals surface area contributed by atoms with E-state index in [9.17, 15) is 18.0 Å². The van der Waals surface area contributed by atoms with Crippen LogP contribution in [0.2, 0.25) is 0 Å². The van der Waals surface area contributed by atoms with Crippen molar-refractivity contribution in [2.75, 3.05) is 36.6 Å². The molecule has 0 aliphatic carbocycles. The lowest BCUT2D eigenvalue weighted by Gasteiger charge is -2.34. The van der Waals surface area contributed by atoms with Crippen LogP contribution in [-0.2, 0) is 14.6 Å². The van der Waals surface area contributed by atoms with Crippen molar-refractivity contribution in [1.82, 2.24) is 10.2 Å². The Morgan fingerprint density at radius 1 is 1.47 bits per heavy atom. The Bertz CT molecular complexity index is 437. The van der Waals surface area contributed by atoms with Gasteiger partial charge >= 0.3 is 12.0 Å². The molecule has 0 aromatic heterocycles. The van der Waals surface area contributed by atoms with E-state index in [4.69, 9.17) is 5.11 Å². The number of urea groups is 1. The molecule has 0 bridgehead atoms. The molecule has 110 valence electrons. The summed E-state index contributed by atoms with van der Waals surface area (Å²) in [6.45, 7) is 0.522. The van der Waals surface area contributed by atoms with Gasteiger partial charge in [-0.1, -0.05) is 0 Å². The highest BCUT2D eigenvalue weighted by atomic mass is 32.2. The lowest BCUT2D eigenvalue weighted by molar-refractivity contribution is -0.137. The van der Waals surface area contributed by atoms with Crippen LogP contribution >= 0.6 is 11.8 Å². The molecule has 0 aromatic carbocycles. The summed E-state index contributed by atoms with van der Waals surface area (Å²) < 4.78 is 21.9. The molecule has 9 heteroatoms. The number of aliphatic carboxylic acids is 1. The molecule has 19 heavy (non-hydrogen) atoms. The van der Waals surface area contributed by atoms with Crippen LogP contribution in [0.15, 0.2) is 0 Å². The van der Waals surface area contributed by atoms with E-state index in [1.54, 1.807) is 11.8 Å². The molecule has 1 aliphatic heterocycles. The number of nitrogens with one attached hydrogen (secondary N) is 1. The number of rotatable bonds is 5. The number of carboxylic acids is 1. The number of sulfone groups is 1. The SMILES string of the molecule is CS(=O)(=O)CCNC(=O)N1CCSCC1CC(=O)O. The van der Waals surface area contributed by atoms with E-state index in [1.165, 1.54) is 4.90 Å². The molecule has 0 aromatic rings. The molecule has 7 nitrogen and oxygen atoms in total. The lowest BCUT2D eigenvalue weighted by Crippen LogP contribution is -2.51. The van der Waals surface area contributed by atoms with Crippen LogP contribution in [0.5, 0.6) is 0 Å². The predicted molar refractivity (Wildman–Crippen MR) is 73.2 cm³/mol. The highest BCUT2D eigenvalue weighted by Crippen LogP contribution is 2.18. The van der Waals surface area contributed by atoms with Gasteiger partial charge in [0.2, 0.25) is 0 Å². The van der Waals surface area contributed by atoms with Crippen LogP contribution in [0.25, 0.3) is 0 Å². The van der Waals surface area contributed by atoms with Crippen LogP contribution in [0, 0.1) is 0 Å². The molecule has 1 unspecified atom stereocenters. The molecule has 1 aliphatic rings. The van der Waals surface area contributed by atoms with Gasteiger partial charge in [0, 0.05) is 30.9 Å². The molecule has 0 saturated carbocycles. The zero-order valence-corrected chi connectivity index (χ0v) is 12.3. The first-order valence-corrected chi connectivity index (χ1v) is 9.03. The maximum absolute atomic E-state index is 11.9. The summed E-state index contributed by atoms with van der Waals surface area (Å²) in [6.07, 6.45) is 1.01. The Kier molecular flexibility index (Phi) is 5.92. The maximum atomic E-state index is 11.9. The second kappa shape index (κ2) is 6.99. The fourth-order valence-electron chi connectivity index (χ4n) is 1.74. The number of thioether (sulfide) groups is 1. The van der Waals surface area contributed by atoms with Crippen molar-refractivity contribution in [2.45, 2.75) is 12.5 Å². The van der Waals surface area contributed by atoms with Crippen LogP contribution < -0.4 is 5.32 Å². The molecule has 2 N–H and O–H groups in total. The largest absolute Gasteiger partial charge is 0.481 e. The van der Waals surface area contributed by atoms with Crippen LogP contribution in [0.1, 0.15) is 6.42 Å². The summed E-state index contributed by atoms with van der Waals surface area (Å²) in [6, 6.07) is -0.732. The standard InChI is InChI=1S/C10H18N2O5S2/c1-19(16,17)5-2-11-10(15)12-3-4-18-7-8(12)6-9(13)14/h8H,2-7H2,1H3,(H,11,15)(H,13,14). The van der Waals surface area contributed by atoms with Gasteiger partial charge in [0.05, 0.1) is 18.2 Å². The summed E-state index contributed by atoms with van der Waals surface area (Å²) in [4.78, 5) is 24.1. The molecule has 1 heterocycles. The molecular formula is C10H18N2O5S2. The van der Waals surface area contributed by atoms with Crippen LogP contribution in [0.3, 0.4) is 0 Å². The highest BCUT2D eigenvalue weighted by molar-refractivity contribution is 7.99. The summed E-state index contributed by atoms with van der Waals surface area (Å²) in [5.74, 6) is 0.285. The fourth-order valence-corrected chi connectivity index (χ4v) is 3.27. The van der Waals surface area contributed by atoms with Gasteiger partial charge in [-0.2, -0.15) is 11.8 Å². The monoisotopic (exact) mass is 310 g/mol. The van der Waals surface area contributed by atoms with Gasteiger partial charge in [-0.05, 0) is 0 Å². The quantitative estimate of drug-likeness (QED) is 0.718. The minimum absolute atomic E-state index is 0.0428. The fraction of sp³-hybridized carbons (Fsp3) is 0.800. The first-order valence-electron chi connectivity index (χ1n) is 5.81.